The van der Waals surface area contributed by atoms with Gasteiger partial charge in [-0.15, -0.1) is 12.4 Å². The van der Waals surface area contributed by atoms with Gasteiger partial charge in [-0.2, -0.15) is 0 Å². The molecule has 1 aliphatic heterocycles. The Morgan fingerprint density at radius 2 is 2.10 bits per heavy atom. The van der Waals surface area contributed by atoms with Gasteiger partial charge in [0.2, 0.25) is 0 Å². The Balaban J connectivity index is 0.00000147. The summed E-state index contributed by atoms with van der Waals surface area (Å²) in [6.45, 7) is 1.54. The lowest BCUT2D eigenvalue weighted by atomic mass is 9.98. The van der Waals surface area contributed by atoms with Crippen LogP contribution in [0.3, 0.4) is 0 Å². The van der Waals surface area contributed by atoms with Gasteiger partial charge in [-0.3, -0.25) is 4.79 Å². The number of hydrogen-bond donors (Lipinski definition) is 1. The van der Waals surface area contributed by atoms with Crippen molar-refractivity contribution in [2.45, 2.75) is 18.9 Å². The molecule has 110 valence electrons. The van der Waals surface area contributed by atoms with Crippen LogP contribution in [-0.2, 0) is 0 Å². The minimum Gasteiger partial charge on any atom is -0.338 e. The van der Waals surface area contributed by atoms with Gasteiger partial charge in [-0.05, 0) is 65.5 Å². The zero-order valence-corrected chi connectivity index (χ0v) is 13.9. The first kappa shape index (κ1) is 16.0. The van der Waals surface area contributed by atoms with Gasteiger partial charge in [0.1, 0.15) is 5.82 Å². The van der Waals surface area contributed by atoms with E-state index in [2.05, 4.69) is 0 Å². The number of amides is 1. The van der Waals surface area contributed by atoms with Crippen LogP contribution in [0.4, 0.5) is 4.39 Å². The minimum atomic E-state index is -0.304. The lowest BCUT2D eigenvalue weighted by molar-refractivity contribution is 0.0778. The number of nitrogens with two attached hydrogens (primary N) is 1. The molecule has 1 aliphatic carbocycles. The Morgan fingerprint density at radius 3 is 2.75 bits per heavy atom. The summed E-state index contributed by atoms with van der Waals surface area (Å²) >= 11 is 2.01. The molecule has 2 N–H and O–H groups in total. The number of nitrogens with zero attached hydrogens (tertiary/aromatic N) is 1. The highest BCUT2D eigenvalue weighted by Crippen LogP contribution is 2.37. The van der Waals surface area contributed by atoms with E-state index in [0.29, 0.717) is 21.0 Å². The molecule has 3 unspecified atom stereocenters. The highest BCUT2D eigenvalue weighted by molar-refractivity contribution is 14.1. The molecule has 20 heavy (non-hydrogen) atoms. The maximum atomic E-state index is 13.1. The molecule has 0 aromatic heterocycles. The van der Waals surface area contributed by atoms with Crippen molar-refractivity contribution < 1.29 is 9.18 Å². The maximum Gasteiger partial charge on any atom is 0.254 e. The molecular weight excluding hydrogens is 394 g/mol. The van der Waals surface area contributed by atoms with Gasteiger partial charge in [-0.1, -0.05) is 0 Å². The predicted octanol–water partition coefficient (Wildman–Crippen LogP) is 2.66. The Labute approximate surface area is 137 Å². The van der Waals surface area contributed by atoms with Crippen molar-refractivity contribution in [2.75, 3.05) is 13.1 Å². The Bertz CT molecular complexity index is 528. The number of hydrogen-bond acceptors (Lipinski definition) is 2. The molecule has 1 aromatic rings. The third kappa shape index (κ3) is 2.80. The molecule has 1 saturated carbocycles. The monoisotopic (exact) mass is 410 g/mol. The molecule has 0 radical (unpaired) electrons. The first-order chi connectivity index (χ1) is 9.06. The number of likely N-dealkylation sites (tertiary alicyclic amines) is 1. The molecule has 6 heteroatoms. The zero-order valence-electron chi connectivity index (χ0n) is 10.9. The molecule has 2 aliphatic rings. The van der Waals surface area contributed by atoms with E-state index < -0.39 is 0 Å². The first-order valence-corrected chi connectivity index (χ1v) is 7.64. The quantitative estimate of drug-likeness (QED) is 0.724. The molecule has 3 atom stereocenters. The van der Waals surface area contributed by atoms with Crippen LogP contribution >= 0.6 is 35.0 Å². The molecule has 1 amide bonds. The van der Waals surface area contributed by atoms with Crippen LogP contribution in [0.15, 0.2) is 18.2 Å². The Morgan fingerprint density at radius 1 is 1.35 bits per heavy atom. The summed E-state index contributed by atoms with van der Waals surface area (Å²) in [5, 5.41) is 0. The second kappa shape index (κ2) is 6.15. The summed E-state index contributed by atoms with van der Waals surface area (Å²) in [5.74, 6) is 0.700. The van der Waals surface area contributed by atoms with Gasteiger partial charge in [0.25, 0.3) is 5.91 Å². The smallest absolute Gasteiger partial charge is 0.254 e. The summed E-state index contributed by atoms with van der Waals surface area (Å²) in [6, 6.07) is 4.55. The van der Waals surface area contributed by atoms with Crippen LogP contribution in [-0.4, -0.2) is 29.9 Å². The van der Waals surface area contributed by atoms with E-state index >= 15 is 0 Å². The highest BCUT2D eigenvalue weighted by Gasteiger charge is 2.42. The third-order valence-electron chi connectivity index (χ3n) is 4.36. The number of halogens is 3. The maximum absolute atomic E-state index is 13.1. The number of fused-ring (bicyclic) bond motifs is 1. The summed E-state index contributed by atoms with van der Waals surface area (Å²) in [7, 11) is 0. The van der Waals surface area contributed by atoms with Crippen molar-refractivity contribution >= 4 is 40.9 Å². The Hall–Kier alpha value is -0.400. The van der Waals surface area contributed by atoms with Gasteiger partial charge < -0.3 is 10.6 Å². The van der Waals surface area contributed by atoms with E-state index in [1.807, 2.05) is 27.5 Å². The molecule has 3 nitrogen and oxygen atoms in total. The molecule has 1 aromatic carbocycles. The van der Waals surface area contributed by atoms with E-state index in [0.717, 1.165) is 25.9 Å². The number of rotatable bonds is 1. The molecule has 1 heterocycles. The number of carbonyl (C=O) groups excluding carboxylic acids is 1. The average Bonchev–Trinajstić information content (AvgIpc) is 2.91. The second-order valence-electron chi connectivity index (χ2n) is 5.50. The lowest BCUT2D eigenvalue weighted by Crippen LogP contribution is -2.33. The minimum absolute atomic E-state index is 0. The topological polar surface area (TPSA) is 46.3 Å². The van der Waals surface area contributed by atoms with E-state index in [-0.39, 0.29) is 30.2 Å². The molecule has 2 fully saturated rings. The summed E-state index contributed by atoms with van der Waals surface area (Å²) in [6.07, 6.45) is 2.20. The van der Waals surface area contributed by atoms with Gasteiger partial charge in [0, 0.05) is 22.7 Å². The largest absolute Gasteiger partial charge is 0.338 e. The van der Waals surface area contributed by atoms with Crippen LogP contribution in [0.2, 0.25) is 0 Å². The fraction of sp³-hybridized carbons (Fsp3) is 0.500. The average molecular weight is 411 g/mol. The van der Waals surface area contributed by atoms with Crippen molar-refractivity contribution in [3.63, 3.8) is 0 Å². The Kier molecular flexibility index (Phi) is 4.92. The van der Waals surface area contributed by atoms with Crippen molar-refractivity contribution in [1.82, 2.24) is 4.90 Å². The van der Waals surface area contributed by atoms with Crippen LogP contribution < -0.4 is 5.73 Å². The zero-order chi connectivity index (χ0) is 13.6. The SMILES string of the molecule is Cl.NC1CCC2CN(C(=O)c3ccc(F)cc3I)CC12. The van der Waals surface area contributed by atoms with Crippen LogP contribution in [0.1, 0.15) is 23.2 Å². The van der Waals surface area contributed by atoms with E-state index in [1.165, 1.54) is 12.1 Å². The molecule has 0 bridgehead atoms. The number of benzene rings is 1. The van der Waals surface area contributed by atoms with Crippen molar-refractivity contribution in [3.8, 4) is 0 Å². The van der Waals surface area contributed by atoms with Gasteiger partial charge >= 0.3 is 0 Å². The van der Waals surface area contributed by atoms with Crippen LogP contribution in [0.5, 0.6) is 0 Å². The summed E-state index contributed by atoms with van der Waals surface area (Å²) in [5.41, 5.74) is 6.67. The highest BCUT2D eigenvalue weighted by atomic mass is 127. The van der Waals surface area contributed by atoms with Crippen LogP contribution in [0.25, 0.3) is 0 Å². The molecular formula is C14H17ClFIN2O. The second-order valence-corrected chi connectivity index (χ2v) is 6.66. The van der Waals surface area contributed by atoms with Gasteiger partial charge in [0.15, 0.2) is 0 Å². The fourth-order valence-corrected chi connectivity index (χ4v) is 4.01. The van der Waals surface area contributed by atoms with Gasteiger partial charge in [-0.25, -0.2) is 4.39 Å². The first-order valence-electron chi connectivity index (χ1n) is 6.56. The molecule has 0 spiro atoms. The normalized spacial score (nSPS) is 28.1. The van der Waals surface area contributed by atoms with Crippen LogP contribution in [0, 0.1) is 21.2 Å². The summed E-state index contributed by atoms with van der Waals surface area (Å²) in [4.78, 5) is 14.4. The standard InChI is InChI=1S/C14H16FIN2O.ClH/c15-9-2-3-10(12(16)5-9)14(19)18-6-8-1-4-13(17)11(8)7-18;/h2-3,5,8,11,13H,1,4,6-7,17H2;1H. The van der Waals surface area contributed by atoms with E-state index in [1.54, 1.807) is 6.07 Å². The van der Waals surface area contributed by atoms with Crippen molar-refractivity contribution in [3.05, 3.63) is 33.1 Å². The summed E-state index contributed by atoms with van der Waals surface area (Å²) < 4.78 is 13.8. The fourth-order valence-electron chi connectivity index (χ4n) is 3.31. The van der Waals surface area contributed by atoms with Gasteiger partial charge in [0.05, 0.1) is 5.56 Å². The van der Waals surface area contributed by atoms with Crippen molar-refractivity contribution in [2.24, 2.45) is 17.6 Å². The third-order valence-corrected chi connectivity index (χ3v) is 5.25. The molecule has 1 saturated heterocycles. The lowest BCUT2D eigenvalue weighted by Gasteiger charge is -2.19. The predicted molar refractivity (Wildman–Crippen MR) is 86.5 cm³/mol. The van der Waals surface area contributed by atoms with Crippen molar-refractivity contribution in [1.29, 1.82) is 0 Å². The number of carbonyl (C=O) groups is 1. The molecule has 3 rings (SSSR count). The van der Waals surface area contributed by atoms with E-state index in [9.17, 15) is 9.18 Å². The van der Waals surface area contributed by atoms with E-state index in [4.69, 9.17) is 5.73 Å².